The van der Waals surface area contributed by atoms with Gasteiger partial charge in [0.15, 0.2) is 62.7 Å². The summed E-state index contributed by atoms with van der Waals surface area (Å²) in [5, 5.41) is 18.2. The van der Waals surface area contributed by atoms with Crippen molar-refractivity contribution in [3.8, 4) is 56.3 Å². The number of hydrogen-bond donors (Lipinski definition) is 1. The molecule has 0 bridgehead atoms. The number of halogens is 2. The molecule has 2 atom stereocenters. The summed E-state index contributed by atoms with van der Waals surface area (Å²) >= 11 is 12.9. The second-order valence-corrected chi connectivity index (χ2v) is 40.7. The molecular formula is C111H117Cl2N27O8. The van der Waals surface area contributed by atoms with Crippen LogP contribution in [0.3, 0.4) is 0 Å². The van der Waals surface area contributed by atoms with Crippen molar-refractivity contribution in [1.82, 2.24) is 121 Å². The molecule has 20 aromatic rings. The van der Waals surface area contributed by atoms with Crippen molar-refractivity contribution < 1.29 is 13.3 Å². The molecule has 5 aliphatic heterocycles. The molecule has 0 radical (unpaired) electrons. The first kappa shape index (κ1) is 99.0. The Balaban J connectivity index is 0.000000109. The van der Waals surface area contributed by atoms with Gasteiger partial charge in [-0.25, -0.2) is 49.8 Å². The van der Waals surface area contributed by atoms with Crippen molar-refractivity contribution in [2.75, 3.05) is 102 Å². The number of aryl methyl sites for hydroxylation is 5. The molecule has 22 heterocycles. The molecule has 37 heteroatoms. The molecule has 148 heavy (non-hydrogen) atoms. The van der Waals surface area contributed by atoms with E-state index in [1.54, 1.807) is 20.9 Å². The lowest BCUT2D eigenvalue weighted by atomic mass is 9.93. The highest BCUT2D eigenvalue weighted by Crippen LogP contribution is 2.36. The fraction of sp³-hybridized carbons (Fsp3) is 0.351. The highest BCUT2D eigenvalue weighted by atomic mass is 35.5. The monoisotopic (exact) mass is 2030 g/mol. The minimum Gasteiger partial charge on any atom is -0.441 e. The first-order valence-electron chi connectivity index (χ1n) is 50.8. The Hall–Kier alpha value is -15.0. The molecule has 0 amide bonds. The summed E-state index contributed by atoms with van der Waals surface area (Å²) in [6, 6.07) is 49.9. The van der Waals surface area contributed by atoms with Crippen molar-refractivity contribution in [2.24, 2.45) is 0 Å². The molecule has 5 aliphatic rings. The third kappa shape index (κ3) is 21.0. The summed E-state index contributed by atoms with van der Waals surface area (Å²) in [6.07, 6.45) is 17.8. The summed E-state index contributed by atoms with van der Waals surface area (Å²) in [5.41, 5.74) is 21.7. The topological polar surface area (TPSA) is 355 Å². The van der Waals surface area contributed by atoms with Crippen LogP contribution in [0.5, 0.6) is 0 Å². The maximum atomic E-state index is 13.0. The van der Waals surface area contributed by atoms with E-state index < -0.39 is 0 Å². The number of imidazole rings is 2. The maximum absolute atomic E-state index is 13.0. The first-order valence-corrected chi connectivity index (χ1v) is 51.6. The maximum Gasteiger partial charge on any atom is 0.275 e. The van der Waals surface area contributed by atoms with Crippen LogP contribution < -0.4 is 42.9 Å². The van der Waals surface area contributed by atoms with E-state index >= 15 is 0 Å². The molecule has 5 saturated heterocycles. The normalized spacial score (nSPS) is 16.7. The number of likely N-dealkylation sites (tertiary alicyclic amines) is 2. The minimum absolute atomic E-state index is 0.112. The number of aromatic nitrogens is 20. The van der Waals surface area contributed by atoms with Crippen molar-refractivity contribution >= 4 is 107 Å². The SMILES string of the molecule is CCN1CCC(c2ccc3nc(-c4ccc5nc(C)oc5c4)cc(=O)n3n2)CC1.Cc1cn2cc(-c3cc(=O)n4cc(N5CCN(C(C)C)[C@@H](C)C5)ccc4n3)cc(Cl)c2n1.Cc1cn2cc(-c3cc(=O)n4cc(N5CCN(C(C)C)[C@H](C)C5)ccc4n3)cc(Cl)c2n1.Cc1nc2ccc(-c3cc(=O)n4nc(C5CCN(C)CC5)ccc4n3)cc2o1.Cc1nc2ccc(-c3cc(=O)n4nc(C5CCNCC5)ccc4n3)cc2o1. The van der Waals surface area contributed by atoms with Crippen molar-refractivity contribution in [2.45, 2.75) is 164 Å². The molecule has 5 fully saturated rings. The molecule has 1 N–H and O–H groups in total. The molecule has 3 aromatic carbocycles. The second-order valence-electron chi connectivity index (χ2n) is 39.9. The zero-order valence-corrected chi connectivity index (χ0v) is 86.6. The highest BCUT2D eigenvalue weighted by Gasteiger charge is 2.31. The van der Waals surface area contributed by atoms with Crippen LogP contribution in [0.1, 0.15) is 151 Å². The van der Waals surface area contributed by atoms with Crippen LogP contribution in [0.15, 0.2) is 232 Å². The zero-order chi connectivity index (χ0) is 103. The zero-order valence-electron chi connectivity index (χ0n) is 85.1. The Kier molecular flexibility index (Phi) is 27.9. The van der Waals surface area contributed by atoms with Gasteiger partial charge in [-0.2, -0.15) is 28.8 Å². The summed E-state index contributed by atoms with van der Waals surface area (Å²) in [5.74, 6) is 3.02. The number of nitrogens with one attached hydrogen (secondary N) is 1. The molecule has 0 unspecified atom stereocenters. The van der Waals surface area contributed by atoms with E-state index in [4.69, 9.17) is 46.4 Å². The third-order valence-electron chi connectivity index (χ3n) is 28.9. The fourth-order valence-electron chi connectivity index (χ4n) is 21.1. The molecule has 0 aliphatic carbocycles. The summed E-state index contributed by atoms with van der Waals surface area (Å²) in [7, 11) is 2.14. The quantitative estimate of drug-likeness (QED) is 0.112. The van der Waals surface area contributed by atoms with Crippen LogP contribution in [-0.4, -0.2) is 232 Å². The Bertz CT molecular complexity index is 8570. The smallest absolute Gasteiger partial charge is 0.275 e. The van der Waals surface area contributed by atoms with Gasteiger partial charge in [0.25, 0.3) is 27.8 Å². The predicted molar refractivity (Wildman–Crippen MR) is 577 cm³/mol. The van der Waals surface area contributed by atoms with Gasteiger partial charge in [-0.1, -0.05) is 48.3 Å². The number of nitrogens with zero attached hydrogens (tertiary/aromatic N) is 26. The number of oxazole rings is 3. The van der Waals surface area contributed by atoms with Gasteiger partial charge in [0.1, 0.15) is 27.8 Å². The van der Waals surface area contributed by atoms with Crippen LogP contribution in [0.4, 0.5) is 11.4 Å². The van der Waals surface area contributed by atoms with E-state index in [0.29, 0.717) is 154 Å². The Morgan fingerprint density at radius 1 is 0.365 bits per heavy atom. The Morgan fingerprint density at radius 2 is 0.709 bits per heavy atom. The average molecular weight is 2030 g/mol. The van der Waals surface area contributed by atoms with E-state index in [9.17, 15) is 24.0 Å². The number of piperazine rings is 2. The van der Waals surface area contributed by atoms with E-state index in [1.807, 2.05) is 196 Å². The van der Waals surface area contributed by atoms with Crippen LogP contribution in [0.2, 0.25) is 10.0 Å². The molecule has 0 spiro atoms. The Morgan fingerprint density at radius 3 is 1.07 bits per heavy atom. The van der Waals surface area contributed by atoms with Crippen molar-refractivity contribution in [3.63, 3.8) is 0 Å². The van der Waals surface area contributed by atoms with Gasteiger partial charge in [-0.15, -0.1) is 0 Å². The van der Waals surface area contributed by atoms with Gasteiger partial charge in [0, 0.05) is 197 Å². The van der Waals surface area contributed by atoms with Gasteiger partial charge >= 0.3 is 0 Å². The van der Waals surface area contributed by atoms with E-state index in [1.165, 1.54) is 31.7 Å². The predicted octanol–water partition coefficient (Wildman–Crippen LogP) is 16.9. The lowest BCUT2D eigenvalue weighted by molar-refractivity contribution is 0.148. The highest BCUT2D eigenvalue weighted by molar-refractivity contribution is 6.34. The van der Waals surface area contributed by atoms with E-state index in [2.05, 4.69) is 158 Å². The minimum atomic E-state index is -0.181. The number of benzene rings is 3. The number of piperidine rings is 3. The number of rotatable bonds is 13. The first-order chi connectivity index (χ1) is 71.4. The van der Waals surface area contributed by atoms with Crippen LogP contribution in [0.25, 0.3) is 129 Å². The molecule has 25 rings (SSSR count). The van der Waals surface area contributed by atoms with Crippen LogP contribution in [-0.2, 0) is 0 Å². The largest absolute Gasteiger partial charge is 0.441 e. The third-order valence-corrected chi connectivity index (χ3v) is 29.4. The standard InChI is InChI=1S/2C24H27ClN6O.C22H23N5O2.C21H21N5O2.C20H19N5O2/c2*1-15(2)30-8-7-28(12-17(30)4)19-5-6-22-27-21(10-23(32)31(22)14-19)18-9-20(25)24-26-16(3)11-29(24)13-18;1-3-26-10-8-15(9-11-26)17-6-7-21-24-19(13-22(28)27(21)25-17)16-4-5-18-20(12-16)29-14(2)23-18;1-13-22-17-4-3-15(11-19(17)28-13)18-12-21(27)26-20(23-18)6-5-16(24-26)14-7-9-25(2)10-8-14;1-12-22-16-3-2-14(10-18(16)27-12)17-11-20(26)25-19(23-17)5-4-15(24-25)13-6-8-21-9-7-13/h2*5-6,9-11,13-15,17H,7-8,12H2,1-4H3;4-7,12-13,15H,3,8-11H2,1-2H3;3-6,11-12,14H,7-10H2,1-2H3;2-5,10-11,13,21H,6-9H2,1H3/t2*17-;;;/m10.../s1. The molecule has 758 valence electrons. The van der Waals surface area contributed by atoms with Crippen LogP contribution in [0, 0.1) is 34.6 Å². The Labute approximate surface area is 861 Å². The van der Waals surface area contributed by atoms with Gasteiger partial charge < -0.3 is 47.0 Å². The molecule has 0 saturated carbocycles. The number of hydrogen-bond acceptors (Lipinski definition) is 28. The number of pyridine rings is 4. The summed E-state index contributed by atoms with van der Waals surface area (Å²) in [6.45, 7) is 38.1. The average Bonchev–Trinajstić information content (AvgIpc) is 1.25. The molecule has 17 aromatic heterocycles. The summed E-state index contributed by atoms with van der Waals surface area (Å²) < 4.78 is 28.0. The van der Waals surface area contributed by atoms with E-state index in [0.717, 1.165) is 208 Å². The fourth-order valence-corrected chi connectivity index (χ4v) is 21.6. The van der Waals surface area contributed by atoms with Crippen molar-refractivity contribution in [1.29, 1.82) is 0 Å². The molecule has 35 nitrogen and oxygen atoms in total. The number of anilines is 2. The van der Waals surface area contributed by atoms with E-state index in [-0.39, 0.29) is 27.8 Å². The van der Waals surface area contributed by atoms with Gasteiger partial charge in [-0.3, -0.25) is 42.6 Å². The summed E-state index contributed by atoms with van der Waals surface area (Å²) in [4.78, 5) is 124. The van der Waals surface area contributed by atoms with Gasteiger partial charge in [0.2, 0.25) is 0 Å². The van der Waals surface area contributed by atoms with Gasteiger partial charge in [-0.05, 0) is 256 Å². The van der Waals surface area contributed by atoms with Crippen LogP contribution >= 0.6 is 23.2 Å². The molecular weight excluding hydrogens is 1910 g/mol. The van der Waals surface area contributed by atoms with Crippen molar-refractivity contribution in [3.05, 3.63) is 303 Å². The lowest BCUT2D eigenvalue weighted by Crippen LogP contribution is -2.54. The lowest BCUT2D eigenvalue weighted by Gasteiger charge is -2.43. The van der Waals surface area contributed by atoms with Gasteiger partial charge in [0.05, 0.1) is 78.4 Å². The number of fused-ring (bicyclic) bond motifs is 10. The second kappa shape index (κ2) is 41.7.